The fraction of sp³-hybridized carbons (Fsp3) is 0.296. The lowest BCUT2D eigenvalue weighted by atomic mass is 9.86. The Bertz CT molecular complexity index is 1250. The Hall–Kier alpha value is -2.83. The molecule has 7 heteroatoms. The van der Waals surface area contributed by atoms with Gasteiger partial charge in [-0.2, -0.15) is 0 Å². The Labute approximate surface area is 207 Å². The van der Waals surface area contributed by atoms with Crippen LogP contribution in [0.25, 0.3) is 0 Å². The molecule has 0 saturated carbocycles. The number of nitrogens with zero attached hydrogens (tertiary/aromatic N) is 1. The molecule has 0 aliphatic heterocycles. The fourth-order valence-corrected chi connectivity index (χ4v) is 5.33. The highest BCUT2D eigenvalue weighted by atomic mass is 35.5. The molecule has 180 valence electrons. The molecule has 1 N–H and O–H groups in total. The number of carbonyl (C=O) groups is 1. The molecule has 0 aromatic heterocycles. The Balaban J connectivity index is 1.88. The summed E-state index contributed by atoms with van der Waals surface area (Å²) in [5.41, 5.74) is 3.13. The molecule has 0 spiro atoms. The van der Waals surface area contributed by atoms with E-state index in [0.29, 0.717) is 16.3 Å². The highest BCUT2D eigenvalue weighted by Gasteiger charge is 2.29. The van der Waals surface area contributed by atoms with Crippen molar-refractivity contribution in [3.05, 3.63) is 94.5 Å². The van der Waals surface area contributed by atoms with Crippen molar-refractivity contribution in [1.82, 2.24) is 5.32 Å². The van der Waals surface area contributed by atoms with Crippen molar-refractivity contribution in [2.75, 3.05) is 10.8 Å². The Morgan fingerprint density at radius 3 is 2.18 bits per heavy atom. The lowest BCUT2D eigenvalue weighted by molar-refractivity contribution is -0.120. The minimum absolute atomic E-state index is 0.0339. The summed E-state index contributed by atoms with van der Waals surface area (Å²) in [5.74, 6) is -0.411. The second-order valence-electron chi connectivity index (χ2n) is 9.37. The summed E-state index contributed by atoms with van der Waals surface area (Å²) >= 11 is 6.28. The predicted molar refractivity (Wildman–Crippen MR) is 139 cm³/mol. The number of rotatable bonds is 7. The molecule has 0 heterocycles. The van der Waals surface area contributed by atoms with Gasteiger partial charge in [-0.3, -0.25) is 9.10 Å². The summed E-state index contributed by atoms with van der Waals surface area (Å²) in [6.45, 7) is 9.68. The maximum absolute atomic E-state index is 13.5. The van der Waals surface area contributed by atoms with Crippen molar-refractivity contribution in [3.8, 4) is 0 Å². The van der Waals surface area contributed by atoms with Gasteiger partial charge in [-0.25, -0.2) is 8.42 Å². The van der Waals surface area contributed by atoms with E-state index in [4.69, 9.17) is 11.6 Å². The van der Waals surface area contributed by atoms with E-state index < -0.39 is 15.9 Å². The summed E-state index contributed by atoms with van der Waals surface area (Å²) in [6, 6.07) is 20.9. The molecule has 34 heavy (non-hydrogen) atoms. The normalized spacial score (nSPS) is 12.8. The zero-order valence-electron chi connectivity index (χ0n) is 20.2. The highest BCUT2D eigenvalue weighted by Crippen LogP contribution is 2.31. The zero-order valence-corrected chi connectivity index (χ0v) is 21.7. The highest BCUT2D eigenvalue weighted by molar-refractivity contribution is 7.92. The van der Waals surface area contributed by atoms with Crippen LogP contribution in [0.3, 0.4) is 0 Å². The molecule has 0 bridgehead atoms. The molecule has 5 nitrogen and oxygen atoms in total. The first-order valence-electron chi connectivity index (χ1n) is 11.1. The predicted octanol–water partition coefficient (Wildman–Crippen LogP) is 6.02. The lowest BCUT2D eigenvalue weighted by Crippen LogP contribution is -2.42. The standard InChI is InChI=1S/C27H31ClN2O3S/c1-19-24(28)12-9-13-25(19)30(34(32,33)23-10-7-6-8-11-23)18-26(31)29-20(2)21-14-16-22(17-15-21)27(3,4)5/h6-17,20H,18H2,1-5H3,(H,29,31)/t20-/m0/s1. The van der Waals surface area contributed by atoms with E-state index in [1.807, 2.05) is 19.1 Å². The van der Waals surface area contributed by atoms with Crippen LogP contribution in [0.4, 0.5) is 5.69 Å². The van der Waals surface area contributed by atoms with E-state index in [1.165, 1.54) is 17.7 Å². The second-order valence-corrected chi connectivity index (χ2v) is 11.6. The quantitative estimate of drug-likeness (QED) is 0.433. The molecule has 3 aromatic carbocycles. The van der Waals surface area contributed by atoms with Gasteiger partial charge in [0.2, 0.25) is 5.91 Å². The van der Waals surface area contributed by atoms with Crippen molar-refractivity contribution in [2.24, 2.45) is 0 Å². The number of nitrogens with one attached hydrogen (secondary N) is 1. The van der Waals surface area contributed by atoms with Crippen LogP contribution >= 0.6 is 11.6 Å². The number of sulfonamides is 1. The molecule has 0 radical (unpaired) electrons. The van der Waals surface area contributed by atoms with E-state index in [1.54, 1.807) is 43.3 Å². The number of halogens is 1. The maximum atomic E-state index is 13.5. The maximum Gasteiger partial charge on any atom is 0.264 e. The average Bonchev–Trinajstić information content (AvgIpc) is 2.79. The Kier molecular flexibility index (Phi) is 7.74. The molecule has 0 unspecified atom stereocenters. The summed E-state index contributed by atoms with van der Waals surface area (Å²) in [7, 11) is -4.00. The average molecular weight is 499 g/mol. The van der Waals surface area contributed by atoms with Gasteiger partial charge < -0.3 is 5.32 Å². The largest absolute Gasteiger partial charge is 0.348 e. The first-order chi connectivity index (χ1) is 15.9. The lowest BCUT2D eigenvalue weighted by Gasteiger charge is -2.27. The first-order valence-corrected chi connectivity index (χ1v) is 13.0. The number of benzene rings is 3. The molecule has 3 rings (SSSR count). The van der Waals surface area contributed by atoms with Crippen LogP contribution in [-0.2, 0) is 20.2 Å². The minimum Gasteiger partial charge on any atom is -0.348 e. The van der Waals surface area contributed by atoms with Gasteiger partial charge in [-0.1, -0.05) is 80.9 Å². The second kappa shape index (κ2) is 10.2. The van der Waals surface area contributed by atoms with Crippen LogP contribution in [0.1, 0.15) is 50.4 Å². The van der Waals surface area contributed by atoms with Gasteiger partial charge in [-0.15, -0.1) is 0 Å². The monoisotopic (exact) mass is 498 g/mol. The van der Waals surface area contributed by atoms with Crippen LogP contribution in [0.2, 0.25) is 5.02 Å². The van der Waals surface area contributed by atoms with Crippen molar-refractivity contribution in [2.45, 2.75) is 51.0 Å². The summed E-state index contributed by atoms with van der Waals surface area (Å²) in [6.07, 6.45) is 0. The van der Waals surface area contributed by atoms with Gasteiger partial charge in [0.1, 0.15) is 6.54 Å². The molecule has 1 atom stereocenters. The molecule has 1 amide bonds. The Morgan fingerprint density at radius 2 is 1.59 bits per heavy atom. The Morgan fingerprint density at radius 1 is 0.971 bits per heavy atom. The summed E-state index contributed by atoms with van der Waals surface area (Å²) < 4.78 is 28.2. The molecule has 3 aromatic rings. The van der Waals surface area contributed by atoms with E-state index in [-0.39, 0.29) is 22.9 Å². The molecular weight excluding hydrogens is 468 g/mol. The van der Waals surface area contributed by atoms with Crippen LogP contribution in [-0.4, -0.2) is 20.9 Å². The smallest absolute Gasteiger partial charge is 0.264 e. The first kappa shape index (κ1) is 25.8. The van der Waals surface area contributed by atoms with E-state index in [2.05, 4.69) is 38.2 Å². The fourth-order valence-electron chi connectivity index (χ4n) is 3.66. The van der Waals surface area contributed by atoms with Gasteiger partial charge >= 0.3 is 0 Å². The zero-order chi connectivity index (χ0) is 25.1. The molecule has 0 saturated heterocycles. The van der Waals surface area contributed by atoms with Gasteiger partial charge in [0, 0.05) is 5.02 Å². The van der Waals surface area contributed by atoms with Crippen LogP contribution in [0.5, 0.6) is 0 Å². The SMILES string of the molecule is Cc1c(Cl)cccc1N(CC(=O)N[C@@H](C)c1ccc(C(C)(C)C)cc1)S(=O)(=O)c1ccccc1. The number of amides is 1. The van der Waals surface area contributed by atoms with E-state index in [9.17, 15) is 13.2 Å². The van der Waals surface area contributed by atoms with Crippen molar-refractivity contribution in [1.29, 1.82) is 0 Å². The summed E-state index contributed by atoms with van der Waals surface area (Å²) in [5, 5.41) is 3.36. The molecular formula is C27H31ClN2O3S. The third-order valence-electron chi connectivity index (χ3n) is 5.78. The van der Waals surface area contributed by atoms with Crippen LogP contribution in [0, 0.1) is 6.92 Å². The van der Waals surface area contributed by atoms with E-state index >= 15 is 0 Å². The molecule has 0 fully saturated rings. The third-order valence-corrected chi connectivity index (χ3v) is 7.96. The van der Waals surface area contributed by atoms with Crippen molar-refractivity contribution < 1.29 is 13.2 Å². The third kappa shape index (κ3) is 5.80. The number of hydrogen-bond acceptors (Lipinski definition) is 3. The van der Waals surface area contributed by atoms with Gasteiger partial charge in [0.05, 0.1) is 16.6 Å². The van der Waals surface area contributed by atoms with Gasteiger partial charge in [0.15, 0.2) is 0 Å². The van der Waals surface area contributed by atoms with Crippen LogP contribution in [0.15, 0.2) is 77.7 Å². The topological polar surface area (TPSA) is 66.5 Å². The van der Waals surface area contributed by atoms with Crippen LogP contribution < -0.4 is 9.62 Å². The number of carbonyl (C=O) groups excluding carboxylic acids is 1. The number of hydrogen-bond donors (Lipinski definition) is 1. The van der Waals surface area contributed by atoms with Gasteiger partial charge in [-0.05, 0) is 60.2 Å². The van der Waals surface area contributed by atoms with Crippen molar-refractivity contribution >= 4 is 33.2 Å². The number of anilines is 1. The van der Waals surface area contributed by atoms with E-state index in [0.717, 1.165) is 9.87 Å². The van der Waals surface area contributed by atoms with Gasteiger partial charge in [0.25, 0.3) is 10.0 Å². The minimum atomic E-state index is -4.00. The molecule has 0 aliphatic rings. The van der Waals surface area contributed by atoms with Crippen molar-refractivity contribution in [3.63, 3.8) is 0 Å². The molecule has 0 aliphatic carbocycles. The summed E-state index contributed by atoms with van der Waals surface area (Å²) in [4.78, 5) is 13.2.